The average molecular weight is 118 g/mol. The van der Waals surface area contributed by atoms with Crippen molar-refractivity contribution in [2.24, 2.45) is 0 Å². The first-order valence-corrected chi connectivity index (χ1v) is 1.80. The van der Waals surface area contributed by atoms with Gasteiger partial charge < -0.3 is 10.1 Å². The lowest BCUT2D eigenvalue weighted by Gasteiger charge is -1.94. The summed E-state index contributed by atoms with van der Waals surface area (Å²) in [6.07, 6.45) is 0. The fourth-order valence-corrected chi connectivity index (χ4v) is 0.155. The second kappa shape index (κ2) is 2.98. The minimum atomic E-state index is -0.677. The third kappa shape index (κ3) is 2.14. The molecule has 0 radical (unpaired) electrons. The number of nitrogens with one attached hydrogen (secondary N) is 1. The van der Waals surface area contributed by atoms with Gasteiger partial charge in [-0.1, -0.05) is 0 Å². The monoisotopic (exact) mass is 118 g/mol. The van der Waals surface area contributed by atoms with Crippen LogP contribution >= 0.6 is 0 Å². The van der Waals surface area contributed by atoms with Crippen molar-refractivity contribution in [1.82, 2.24) is 5.48 Å². The molecule has 0 aromatic rings. The average Bonchev–Trinajstić information content (AvgIpc) is 1.67. The zero-order valence-electron chi connectivity index (χ0n) is 4.38. The van der Waals surface area contributed by atoms with E-state index < -0.39 is 4.92 Å². The molecule has 0 saturated carbocycles. The van der Waals surface area contributed by atoms with Gasteiger partial charge in [0.25, 0.3) is 0 Å². The molecule has 1 N–H and O–H groups in total. The molecule has 0 spiro atoms. The van der Waals surface area contributed by atoms with Crippen LogP contribution < -0.4 is 5.48 Å². The van der Waals surface area contributed by atoms with Crippen molar-refractivity contribution in [3.63, 3.8) is 0 Å². The quantitative estimate of drug-likeness (QED) is 0.414. The summed E-state index contributed by atoms with van der Waals surface area (Å²) in [4.78, 5) is 13.1. The molecule has 0 aromatic heterocycles. The highest BCUT2D eigenvalue weighted by molar-refractivity contribution is 4.70. The summed E-state index contributed by atoms with van der Waals surface area (Å²) < 4.78 is 0. The highest BCUT2D eigenvalue weighted by atomic mass is 16.7. The smallest absolute Gasteiger partial charge is 0.338 e. The number of hydroxylamine groups is 1. The van der Waals surface area contributed by atoms with Crippen LogP contribution in [0.4, 0.5) is 0 Å². The predicted octanol–water partition coefficient (Wildman–Crippen LogP) is -0.115. The van der Waals surface area contributed by atoms with Crippen LogP contribution in [0, 0.1) is 10.1 Å². The van der Waals surface area contributed by atoms with E-state index in [-0.39, 0.29) is 5.82 Å². The topological polar surface area (TPSA) is 64.4 Å². The zero-order valence-corrected chi connectivity index (χ0v) is 4.38. The molecule has 5 nitrogen and oxygen atoms in total. The molecule has 0 saturated heterocycles. The van der Waals surface area contributed by atoms with Crippen LogP contribution in [-0.4, -0.2) is 12.0 Å². The molecule has 0 aliphatic rings. The van der Waals surface area contributed by atoms with Crippen molar-refractivity contribution < 1.29 is 9.76 Å². The summed E-state index contributed by atoms with van der Waals surface area (Å²) in [5, 5.41) is 9.65. The van der Waals surface area contributed by atoms with E-state index in [4.69, 9.17) is 0 Å². The van der Waals surface area contributed by atoms with E-state index in [0.29, 0.717) is 0 Å². The Morgan fingerprint density at radius 1 is 2.00 bits per heavy atom. The van der Waals surface area contributed by atoms with Crippen molar-refractivity contribution in [2.75, 3.05) is 7.11 Å². The van der Waals surface area contributed by atoms with Gasteiger partial charge in [0.1, 0.15) is 0 Å². The fraction of sp³-hybridized carbons (Fsp3) is 0.333. The highest BCUT2D eigenvalue weighted by Gasteiger charge is 1.99. The highest BCUT2D eigenvalue weighted by Crippen LogP contribution is 1.80. The first-order chi connectivity index (χ1) is 3.68. The van der Waals surface area contributed by atoms with Crippen molar-refractivity contribution in [2.45, 2.75) is 0 Å². The Kier molecular flexibility index (Phi) is 2.57. The SMILES string of the molecule is C=C(NOC)[N+](=O)[O-]. The number of nitro groups is 1. The fourth-order valence-electron chi connectivity index (χ4n) is 0.155. The molecule has 0 amide bonds. The summed E-state index contributed by atoms with van der Waals surface area (Å²) in [5.41, 5.74) is 1.95. The number of hydrogen-bond acceptors (Lipinski definition) is 4. The largest absolute Gasteiger partial charge is 0.358 e. The predicted molar refractivity (Wildman–Crippen MR) is 26.3 cm³/mol. The van der Waals surface area contributed by atoms with E-state index in [2.05, 4.69) is 11.4 Å². The molecule has 0 bridgehead atoms. The van der Waals surface area contributed by atoms with Crippen molar-refractivity contribution in [1.29, 1.82) is 0 Å². The first-order valence-electron chi connectivity index (χ1n) is 1.80. The lowest BCUT2D eigenvalue weighted by atomic mass is 10.9. The molecule has 0 aliphatic heterocycles. The van der Waals surface area contributed by atoms with E-state index in [1.807, 2.05) is 5.48 Å². The van der Waals surface area contributed by atoms with Crippen LogP contribution in [0.15, 0.2) is 12.4 Å². The van der Waals surface area contributed by atoms with Crippen molar-refractivity contribution in [3.8, 4) is 0 Å². The maximum absolute atomic E-state index is 9.65. The minimum absolute atomic E-state index is 0.368. The second-order valence-electron chi connectivity index (χ2n) is 1.01. The first kappa shape index (κ1) is 6.90. The zero-order chi connectivity index (χ0) is 6.57. The van der Waals surface area contributed by atoms with E-state index >= 15 is 0 Å². The van der Waals surface area contributed by atoms with Crippen molar-refractivity contribution >= 4 is 0 Å². The van der Waals surface area contributed by atoms with Crippen LogP contribution in [0.2, 0.25) is 0 Å². The van der Waals surface area contributed by atoms with Gasteiger partial charge in [0, 0.05) is 0 Å². The third-order valence-electron chi connectivity index (χ3n) is 0.440. The standard InChI is InChI=1S/C3H6N2O3/c1-3(4-8-2)5(6)7/h4H,1H2,2H3. The molecule has 0 aromatic carbocycles. The number of rotatable bonds is 3. The van der Waals surface area contributed by atoms with E-state index in [0.717, 1.165) is 0 Å². The van der Waals surface area contributed by atoms with Gasteiger partial charge in [-0.15, -0.1) is 5.48 Å². The molecule has 46 valence electrons. The van der Waals surface area contributed by atoms with E-state index in [9.17, 15) is 10.1 Å². The molecular formula is C3H6N2O3. The Hall–Kier alpha value is -1.10. The van der Waals surface area contributed by atoms with Gasteiger partial charge in [0.2, 0.25) is 0 Å². The minimum Gasteiger partial charge on any atom is -0.358 e. The van der Waals surface area contributed by atoms with E-state index in [1.165, 1.54) is 7.11 Å². The Labute approximate surface area is 46.0 Å². The van der Waals surface area contributed by atoms with Crippen LogP contribution in [0.1, 0.15) is 0 Å². The summed E-state index contributed by atoms with van der Waals surface area (Å²) in [6, 6.07) is 0. The lowest BCUT2D eigenvalue weighted by Crippen LogP contribution is -2.16. The normalized spacial score (nSPS) is 8.12. The molecule has 0 rings (SSSR count). The second-order valence-corrected chi connectivity index (χ2v) is 1.01. The molecule has 5 heteroatoms. The van der Waals surface area contributed by atoms with Gasteiger partial charge in [-0.3, -0.25) is 0 Å². The molecule has 0 heterocycles. The Morgan fingerprint density at radius 2 is 2.50 bits per heavy atom. The Bertz CT molecular complexity index is 111. The molecule has 0 fully saturated rings. The lowest BCUT2D eigenvalue weighted by molar-refractivity contribution is -0.439. The molecule has 0 atom stereocenters. The van der Waals surface area contributed by atoms with Gasteiger partial charge in [0.15, 0.2) is 0 Å². The summed E-state index contributed by atoms with van der Waals surface area (Å²) >= 11 is 0. The Morgan fingerprint density at radius 3 is 2.62 bits per heavy atom. The van der Waals surface area contributed by atoms with Gasteiger partial charge in [-0.05, 0) is 11.5 Å². The van der Waals surface area contributed by atoms with Crippen LogP contribution in [-0.2, 0) is 4.84 Å². The number of nitrogens with zero attached hydrogens (tertiary/aromatic N) is 1. The van der Waals surface area contributed by atoms with Gasteiger partial charge in [-0.2, -0.15) is 0 Å². The maximum atomic E-state index is 9.65. The van der Waals surface area contributed by atoms with Crippen LogP contribution in [0.5, 0.6) is 0 Å². The summed E-state index contributed by atoms with van der Waals surface area (Å²) in [6.45, 7) is 3.01. The van der Waals surface area contributed by atoms with Crippen molar-refractivity contribution in [3.05, 3.63) is 22.5 Å². The molecule has 0 aliphatic carbocycles. The van der Waals surface area contributed by atoms with E-state index in [1.54, 1.807) is 0 Å². The van der Waals surface area contributed by atoms with Gasteiger partial charge in [0.05, 0.1) is 7.11 Å². The maximum Gasteiger partial charge on any atom is 0.338 e. The molecular weight excluding hydrogens is 112 g/mol. The summed E-state index contributed by atoms with van der Waals surface area (Å²) in [7, 11) is 1.27. The molecule has 0 unspecified atom stereocenters. The van der Waals surface area contributed by atoms with Crippen LogP contribution in [0.25, 0.3) is 0 Å². The Balaban J connectivity index is 3.49. The van der Waals surface area contributed by atoms with Crippen LogP contribution in [0.3, 0.4) is 0 Å². The third-order valence-corrected chi connectivity index (χ3v) is 0.440. The van der Waals surface area contributed by atoms with Gasteiger partial charge in [-0.25, -0.2) is 4.84 Å². The van der Waals surface area contributed by atoms with Gasteiger partial charge >= 0.3 is 5.82 Å². The summed E-state index contributed by atoms with van der Waals surface area (Å²) in [5.74, 6) is -0.368. The number of hydrogen-bond donors (Lipinski definition) is 1. The molecule has 8 heavy (non-hydrogen) atoms.